The van der Waals surface area contributed by atoms with Gasteiger partial charge in [-0.1, -0.05) is 6.07 Å². The van der Waals surface area contributed by atoms with Gasteiger partial charge in [0, 0.05) is 23.6 Å². The van der Waals surface area contributed by atoms with Gasteiger partial charge in [-0.05, 0) is 36.4 Å². The fourth-order valence-electron chi connectivity index (χ4n) is 2.72. The molecule has 128 valence electrons. The summed E-state index contributed by atoms with van der Waals surface area (Å²) < 4.78 is 36.1. The van der Waals surface area contributed by atoms with Gasteiger partial charge >= 0.3 is 0 Å². The van der Waals surface area contributed by atoms with Gasteiger partial charge in [0.15, 0.2) is 11.5 Å². The van der Waals surface area contributed by atoms with Crippen LogP contribution < -0.4 is 14.6 Å². The highest BCUT2D eigenvalue weighted by Gasteiger charge is 2.16. The van der Waals surface area contributed by atoms with Gasteiger partial charge < -0.3 is 9.47 Å². The molecule has 8 heteroatoms. The zero-order valence-electron chi connectivity index (χ0n) is 13.1. The first-order valence-corrected chi connectivity index (χ1v) is 9.14. The van der Waals surface area contributed by atoms with E-state index in [4.69, 9.17) is 14.6 Å². The summed E-state index contributed by atoms with van der Waals surface area (Å²) in [5.41, 5.74) is 1.48. The number of fused-ring (bicyclic) bond motifs is 1. The molecule has 2 aromatic carbocycles. The zero-order valence-corrected chi connectivity index (χ0v) is 13.9. The molecule has 0 atom stereocenters. The molecule has 1 aromatic heterocycles. The second-order valence-corrected chi connectivity index (χ2v) is 7.08. The molecule has 0 amide bonds. The van der Waals surface area contributed by atoms with E-state index in [1.54, 1.807) is 29.1 Å². The Labute approximate surface area is 144 Å². The predicted octanol–water partition coefficient (Wildman–Crippen LogP) is 1.96. The summed E-state index contributed by atoms with van der Waals surface area (Å²) in [4.78, 5) is 4.44. The molecule has 25 heavy (non-hydrogen) atoms. The van der Waals surface area contributed by atoms with Crippen LogP contribution in [0.1, 0.15) is 0 Å². The summed E-state index contributed by atoms with van der Waals surface area (Å²) in [5.74, 6) is 2.02. The van der Waals surface area contributed by atoms with Gasteiger partial charge in [-0.3, -0.25) is 4.57 Å². The van der Waals surface area contributed by atoms with Crippen molar-refractivity contribution in [3.05, 3.63) is 54.9 Å². The number of hydrogen-bond acceptors (Lipinski definition) is 5. The standard InChI is InChI=1S/C17H15N3O4S/c18-25(21,22)14-3-1-2-13(11-14)20-7-6-19-17(20)12-4-5-15-16(10-12)24-9-8-23-15/h1-7,10-11H,8-9H2,(H2,18,21,22). The van der Waals surface area contributed by atoms with Crippen LogP contribution in [0.5, 0.6) is 11.5 Å². The van der Waals surface area contributed by atoms with Crippen molar-refractivity contribution in [1.29, 1.82) is 0 Å². The average molecular weight is 357 g/mol. The third kappa shape index (κ3) is 2.97. The number of benzene rings is 2. The highest BCUT2D eigenvalue weighted by Crippen LogP contribution is 2.34. The second kappa shape index (κ2) is 5.91. The van der Waals surface area contributed by atoms with Gasteiger partial charge in [-0.25, -0.2) is 18.5 Å². The number of nitrogens with two attached hydrogens (primary N) is 1. The molecule has 0 radical (unpaired) electrons. The second-order valence-electron chi connectivity index (χ2n) is 5.52. The maximum absolute atomic E-state index is 11.6. The van der Waals surface area contributed by atoms with E-state index in [0.717, 1.165) is 5.56 Å². The molecule has 4 rings (SSSR count). The van der Waals surface area contributed by atoms with Crippen LogP contribution >= 0.6 is 0 Å². The molecule has 0 bridgehead atoms. The van der Waals surface area contributed by atoms with Crippen LogP contribution in [0.15, 0.2) is 59.8 Å². The highest BCUT2D eigenvalue weighted by molar-refractivity contribution is 7.89. The molecule has 0 saturated heterocycles. The summed E-state index contributed by atoms with van der Waals surface area (Å²) in [6.45, 7) is 1.03. The number of aromatic nitrogens is 2. The third-order valence-electron chi connectivity index (χ3n) is 3.87. The molecule has 0 fully saturated rings. The van der Waals surface area contributed by atoms with Crippen LogP contribution in [-0.4, -0.2) is 31.2 Å². The van der Waals surface area contributed by atoms with Crippen LogP contribution in [0, 0.1) is 0 Å². The molecule has 2 N–H and O–H groups in total. The van der Waals surface area contributed by atoms with E-state index < -0.39 is 10.0 Å². The van der Waals surface area contributed by atoms with Gasteiger partial charge in [-0.2, -0.15) is 0 Å². The van der Waals surface area contributed by atoms with Gasteiger partial charge in [0.05, 0.1) is 4.90 Å². The number of rotatable bonds is 3. The van der Waals surface area contributed by atoms with Crippen molar-refractivity contribution < 1.29 is 17.9 Å². The van der Waals surface area contributed by atoms with Gasteiger partial charge in [-0.15, -0.1) is 0 Å². The Morgan fingerprint density at radius 2 is 1.84 bits per heavy atom. The van der Waals surface area contributed by atoms with Crippen molar-refractivity contribution in [2.75, 3.05) is 13.2 Å². The summed E-state index contributed by atoms with van der Waals surface area (Å²) in [6, 6.07) is 12.0. The van der Waals surface area contributed by atoms with Gasteiger partial charge in [0.1, 0.15) is 19.0 Å². The summed E-state index contributed by atoms with van der Waals surface area (Å²) in [5, 5.41) is 5.22. The van der Waals surface area contributed by atoms with Crippen LogP contribution in [0.2, 0.25) is 0 Å². The van der Waals surface area contributed by atoms with Crippen molar-refractivity contribution in [1.82, 2.24) is 9.55 Å². The van der Waals surface area contributed by atoms with Gasteiger partial charge in [0.25, 0.3) is 0 Å². The van der Waals surface area contributed by atoms with Crippen LogP contribution in [0.25, 0.3) is 17.1 Å². The largest absolute Gasteiger partial charge is 0.486 e. The normalized spacial score (nSPS) is 13.6. The molecular formula is C17H15N3O4S. The molecule has 0 aliphatic carbocycles. The first kappa shape index (κ1) is 15.7. The number of imidazole rings is 1. The van der Waals surface area contributed by atoms with Crippen LogP contribution in [-0.2, 0) is 10.0 Å². The average Bonchev–Trinajstić information content (AvgIpc) is 3.10. The van der Waals surface area contributed by atoms with Crippen molar-refractivity contribution in [3.63, 3.8) is 0 Å². The summed E-state index contributed by atoms with van der Waals surface area (Å²) >= 11 is 0. The van der Waals surface area contributed by atoms with Crippen molar-refractivity contribution in [2.24, 2.45) is 5.14 Å². The monoisotopic (exact) mass is 357 g/mol. The molecule has 1 aliphatic heterocycles. The van der Waals surface area contributed by atoms with Crippen molar-refractivity contribution in [2.45, 2.75) is 4.90 Å². The fraction of sp³-hybridized carbons (Fsp3) is 0.118. The Kier molecular flexibility index (Phi) is 3.70. The predicted molar refractivity (Wildman–Crippen MR) is 91.4 cm³/mol. The Morgan fingerprint density at radius 1 is 1.04 bits per heavy atom. The van der Waals surface area contributed by atoms with E-state index in [1.807, 2.05) is 18.2 Å². The van der Waals surface area contributed by atoms with Crippen molar-refractivity contribution in [3.8, 4) is 28.6 Å². The van der Waals surface area contributed by atoms with E-state index in [2.05, 4.69) is 4.98 Å². The minimum absolute atomic E-state index is 0.0480. The Balaban J connectivity index is 1.79. The summed E-state index contributed by atoms with van der Waals surface area (Å²) in [6.07, 6.45) is 3.41. The molecule has 0 saturated carbocycles. The minimum atomic E-state index is -3.78. The quantitative estimate of drug-likeness (QED) is 0.773. The van der Waals surface area contributed by atoms with E-state index in [1.165, 1.54) is 12.1 Å². The smallest absolute Gasteiger partial charge is 0.238 e. The first-order valence-electron chi connectivity index (χ1n) is 7.59. The lowest BCUT2D eigenvalue weighted by molar-refractivity contribution is 0.171. The van der Waals surface area contributed by atoms with Crippen LogP contribution in [0.3, 0.4) is 0 Å². The maximum Gasteiger partial charge on any atom is 0.238 e. The number of sulfonamides is 1. The van der Waals surface area contributed by atoms with E-state index >= 15 is 0 Å². The van der Waals surface area contributed by atoms with E-state index in [9.17, 15) is 8.42 Å². The van der Waals surface area contributed by atoms with Crippen molar-refractivity contribution >= 4 is 10.0 Å². The number of nitrogens with zero attached hydrogens (tertiary/aromatic N) is 2. The first-order chi connectivity index (χ1) is 12.0. The lowest BCUT2D eigenvalue weighted by Crippen LogP contribution is -2.15. The lowest BCUT2D eigenvalue weighted by Gasteiger charge is -2.19. The molecule has 1 aliphatic rings. The number of ether oxygens (including phenoxy) is 2. The maximum atomic E-state index is 11.6. The van der Waals surface area contributed by atoms with Crippen LogP contribution in [0.4, 0.5) is 0 Å². The lowest BCUT2D eigenvalue weighted by atomic mass is 10.1. The Bertz CT molecular complexity index is 1040. The third-order valence-corrected chi connectivity index (χ3v) is 4.78. The topological polar surface area (TPSA) is 96.4 Å². The fourth-order valence-corrected chi connectivity index (χ4v) is 3.27. The Morgan fingerprint density at radius 3 is 2.64 bits per heavy atom. The molecule has 2 heterocycles. The molecular weight excluding hydrogens is 342 g/mol. The number of primary sulfonamides is 1. The number of hydrogen-bond donors (Lipinski definition) is 1. The molecule has 0 unspecified atom stereocenters. The van der Waals surface area contributed by atoms with Gasteiger partial charge in [0.2, 0.25) is 10.0 Å². The Hall–Kier alpha value is -2.84. The van der Waals surface area contributed by atoms with E-state index in [0.29, 0.717) is 36.2 Å². The molecule has 0 spiro atoms. The van der Waals surface area contributed by atoms with E-state index in [-0.39, 0.29) is 4.90 Å². The minimum Gasteiger partial charge on any atom is -0.486 e. The highest BCUT2D eigenvalue weighted by atomic mass is 32.2. The SMILES string of the molecule is NS(=O)(=O)c1cccc(-n2ccnc2-c2ccc3c(c2)OCCO3)c1. The molecule has 7 nitrogen and oxygen atoms in total. The zero-order chi connectivity index (χ0) is 17.4. The summed E-state index contributed by atoms with van der Waals surface area (Å²) in [7, 11) is -3.78. The molecule has 3 aromatic rings.